The second-order valence-corrected chi connectivity index (χ2v) is 5.78. The molecule has 4 heteroatoms. The van der Waals surface area contributed by atoms with E-state index in [1.165, 1.54) is 12.8 Å². The molecule has 0 saturated heterocycles. The largest absolute Gasteiger partial charge is 0.497 e. The Labute approximate surface area is 124 Å². The molecule has 1 saturated carbocycles. The number of amides is 1. The number of carbonyl (C=O) groups is 1. The molecule has 0 spiro atoms. The third kappa shape index (κ3) is 3.32. The number of carbonyl (C=O) groups excluding carboxylic acids is 1. The first-order valence-electron chi connectivity index (χ1n) is 7.38. The number of ether oxygens (including phenoxy) is 1. The predicted molar refractivity (Wildman–Crippen MR) is 82.2 cm³/mol. The van der Waals surface area contributed by atoms with Crippen LogP contribution in [0, 0.1) is 17.8 Å². The Balaban J connectivity index is 1.46. The van der Waals surface area contributed by atoms with Crippen molar-refractivity contribution in [1.82, 2.24) is 5.43 Å². The number of hydrogen-bond donors (Lipinski definition) is 1. The molecule has 0 unspecified atom stereocenters. The first-order chi connectivity index (χ1) is 10.2. The Bertz CT molecular complexity index is 563. The predicted octanol–water partition coefficient (Wildman–Crippen LogP) is 2.55. The lowest BCUT2D eigenvalue weighted by atomic mass is 9.95. The molecule has 0 aromatic heterocycles. The van der Waals surface area contributed by atoms with Crippen LogP contribution in [0.3, 0.4) is 0 Å². The van der Waals surface area contributed by atoms with Crippen molar-refractivity contribution in [3.8, 4) is 5.75 Å². The van der Waals surface area contributed by atoms with Crippen molar-refractivity contribution in [2.75, 3.05) is 7.11 Å². The molecular weight excluding hydrogens is 264 g/mol. The molecular formula is C17H20N2O2. The zero-order chi connectivity index (χ0) is 14.7. The van der Waals surface area contributed by atoms with Gasteiger partial charge in [-0.1, -0.05) is 24.3 Å². The van der Waals surface area contributed by atoms with Crippen LogP contribution in [0.25, 0.3) is 0 Å². The number of rotatable bonds is 5. The lowest BCUT2D eigenvalue weighted by molar-refractivity contribution is -0.120. The van der Waals surface area contributed by atoms with Crippen molar-refractivity contribution in [3.63, 3.8) is 0 Å². The molecule has 21 heavy (non-hydrogen) atoms. The molecule has 3 atom stereocenters. The van der Waals surface area contributed by atoms with Gasteiger partial charge in [0.2, 0.25) is 5.91 Å². The van der Waals surface area contributed by atoms with Crippen LogP contribution in [0.15, 0.2) is 41.5 Å². The minimum Gasteiger partial charge on any atom is -0.497 e. The molecule has 2 aliphatic rings. The van der Waals surface area contributed by atoms with E-state index in [1.54, 1.807) is 7.11 Å². The molecule has 1 amide bonds. The van der Waals surface area contributed by atoms with Gasteiger partial charge in [0.15, 0.2) is 0 Å². The zero-order valence-electron chi connectivity index (χ0n) is 12.2. The Morgan fingerprint density at radius 3 is 2.76 bits per heavy atom. The van der Waals surface area contributed by atoms with Gasteiger partial charge < -0.3 is 4.74 Å². The number of hydrogen-bond acceptors (Lipinski definition) is 3. The van der Waals surface area contributed by atoms with Gasteiger partial charge in [-0.25, -0.2) is 5.43 Å². The second-order valence-electron chi connectivity index (χ2n) is 5.78. The molecule has 0 radical (unpaired) electrons. The van der Waals surface area contributed by atoms with Crippen LogP contribution in [-0.2, 0) is 11.2 Å². The molecule has 0 heterocycles. The van der Waals surface area contributed by atoms with Crippen molar-refractivity contribution in [1.29, 1.82) is 0 Å². The van der Waals surface area contributed by atoms with E-state index in [2.05, 4.69) is 22.7 Å². The topological polar surface area (TPSA) is 50.7 Å². The fourth-order valence-electron chi connectivity index (χ4n) is 3.17. The molecule has 2 aliphatic carbocycles. The molecule has 110 valence electrons. The van der Waals surface area contributed by atoms with E-state index in [0.29, 0.717) is 18.3 Å². The Morgan fingerprint density at radius 2 is 2.14 bits per heavy atom. The van der Waals surface area contributed by atoms with Crippen LogP contribution in [0.4, 0.5) is 0 Å². The number of methoxy groups -OCH3 is 1. The maximum absolute atomic E-state index is 11.8. The van der Waals surface area contributed by atoms with Gasteiger partial charge in [-0.05, 0) is 42.4 Å². The van der Waals surface area contributed by atoms with Gasteiger partial charge >= 0.3 is 0 Å². The molecule has 0 aliphatic heterocycles. The first-order valence-corrected chi connectivity index (χ1v) is 7.38. The fraction of sp³-hybridized carbons (Fsp3) is 0.412. The smallest absolute Gasteiger partial charge is 0.244 e. The number of hydrazone groups is 1. The van der Waals surface area contributed by atoms with Gasteiger partial charge in [-0.2, -0.15) is 5.10 Å². The number of nitrogens with zero attached hydrogens (tertiary/aromatic N) is 1. The van der Waals surface area contributed by atoms with Gasteiger partial charge in [0.05, 0.1) is 13.5 Å². The third-order valence-electron chi connectivity index (χ3n) is 4.31. The molecule has 4 nitrogen and oxygen atoms in total. The van der Waals surface area contributed by atoms with Crippen LogP contribution in [0.1, 0.15) is 18.4 Å². The summed E-state index contributed by atoms with van der Waals surface area (Å²) in [4.78, 5) is 11.8. The van der Waals surface area contributed by atoms with Gasteiger partial charge in [0.25, 0.3) is 0 Å². The van der Waals surface area contributed by atoms with Crippen LogP contribution >= 0.6 is 0 Å². The summed E-state index contributed by atoms with van der Waals surface area (Å²) in [6, 6.07) is 7.49. The van der Waals surface area contributed by atoms with Crippen LogP contribution in [0.5, 0.6) is 5.75 Å². The standard InChI is InChI=1S/C17H20N2O2/c1-21-16-6-3-12(4-7-16)10-17(20)19-18-11-15-9-13-2-5-14(15)8-13/h2-7,11,13-15H,8-10H2,1H3,(H,19,20)/b18-11-/t13-,14-,15+/m1/s1. The summed E-state index contributed by atoms with van der Waals surface area (Å²) in [5.41, 5.74) is 3.57. The monoisotopic (exact) mass is 284 g/mol. The maximum Gasteiger partial charge on any atom is 0.244 e. The quantitative estimate of drug-likeness (QED) is 0.513. The van der Waals surface area contributed by atoms with Gasteiger partial charge in [-0.15, -0.1) is 0 Å². The van der Waals surface area contributed by atoms with Crippen LogP contribution in [-0.4, -0.2) is 19.2 Å². The van der Waals surface area contributed by atoms with E-state index in [0.717, 1.165) is 17.2 Å². The lowest BCUT2D eigenvalue weighted by Crippen LogP contribution is -2.21. The highest BCUT2D eigenvalue weighted by Crippen LogP contribution is 2.42. The van der Waals surface area contributed by atoms with Gasteiger partial charge in [0, 0.05) is 12.1 Å². The van der Waals surface area contributed by atoms with E-state index in [1.807, 2.05) is 30.5 Å². The number of allylic oxidation sites excluding steroid dienone is 2. The Hall–Kier alpha value is -2.10. The first kappa shape index (κ1) is 13.9. The van der Waals surface area contributed by atoms with Crippen molar-refractivity contribution in [3.05, 3.63) is 42.0 Å². The summed E-state index contributed by atoms with van der Waals surface area (Å²) in [7, 11) is 1.63. The Morgan fingerprint density at radius 1 is 1.33 bits per heavy atom. The highest BCUT2D eigenvalue weighted by atomic mass is 16.5. The average molecular weight is 284 g/mol. The van der Waals surface area contributed by atoms with Gasteiger partial charge in [-0.3, -0.25) is 4.79 Å². The average Bonchev–Trinajstić information content (AvgIpc) is 3.11. The van der Waals surface area contributed by atoms with E-state index in [9.17, 15) is 4.79 Å². The van der Waals surface area contributed by atoms with Crippen molar-refractivity contribution < 1.29 is 9.53 Å². The van der Waals surface area contributed by atoms with Crippen molar-refractivity contribution in [2.24, 2.45) is 22.9 Å². The van der Waals surface area contributed by atoms with E-state index < -0.39 is 0 Å². The number of nitrogens with one attached hydrogen (secondary N) is 1. The summed E-state index contributed by atoms with van der Waals surface area (Å²) in [5.74, 6) is 2.54. The number of benzene rings is 1. The molecule has 1 N–H and O–H groups in total. The van der Waals surface area contributed by atoms with Crippen LogP contribution < -0.4 is 10.2 Å². The summed E-state index contributed by atoms with van der Waals surface area (Å²) in [5, 5.41) is 4.12. The molecule has 2 bridgehead atoms. The van der Waals surface area contributed by atoms with E-state index >= 15 is 0 Å². The molecule has 1 aromatic rings. The summed E-state index contributed by atoms with van der Waals surface area (Å²) in [6.45, 7) is 0. The maximum atomic E-state index is 11.8. The second kappa shape index (κ2) is 6.12. The van der Waals surface area contributed by atoms with Crippen molar-refractivity contribution in [2.45, 2.75) is 19.3 Å². The molecule has 1 fully saturated rings. The summed E-state index contributed by atoms with van der Waals surface area (Å²) >= 11 is 0. The minimum atomic E-state index is -0.0879. The Kier molecular flexibility index (Phi) is 4.04. The molecule has 1 aromatic carbocycles. The molecule has 3 rings (SSSR count). The summed E-state index contributed by atoms with van der Waals surface area (Å²) < 4.78 is 5.09. The third-order valence-corrected chi connectivity index (χ3v) is 4.31. The van der Waals surface area contributed by atoms with Crippen molar-refractivity contribution >= 4 is 12.1 Å². The minimum absolute atomic E-state index is 0.0879. The SMILES string of the molecule is COc1ccc(CC(=O)N/N=C\[C@@H]2C[C@@H]3C=C[C@@H]2C3)cc1. The summed E-state index contributed by atoms with van der Waals surface area (Å²) in [6.07, 6.45) is 9.23. The van der Waals surface area contributed by atoms with E-state index in [4.69, 9.17) is 4.74 Å². The normalized spacial score (nSPS) is 26.4. The zero-order valence-corrected chi connectivity index (χ0v) is 12.2. The number of fused-ring (bicyclic) bond motifs is 2. The fourth-order valence-corrected chi connectivity index (χ4v) is 3.17. The van der Waals surface area contributed by atoms with Gasteiger partial charge in [0.1, 0.15) is 5.75 Å². The van der Waals surface area contributed by atoms with Crippen LogP contribution in [0.2, 0.25) is 0 Å². The highest BCUT2D eigenvalue weighted by molar-refractivity contribution is 5.79. The highest BCUT2D eigenvalue weighted by Gasteiger charge is 2.34. The lowest BCUT2D eigenvalue weighted by Gasteiger charge is -2.11. The van der Waals surface area contributed by atoms with E-state index in [-0.39, 0.29) is 5.91 Å².